The van der Waals surface area contributed by atoms with E-state index in [0.29, 0.717) is 5.92 Å². The molecule has 0 fully saturated rings. The van der Waals surface area contributed by atoms with Crippen molar-refractivity contribution < 1.29 is 0 Å². The standard InChI is InChI=1S/C39H52Si/c1-7-9-11-15-21-34-27-35(22-16-12-10-8-2)29-38(28-34)40(36-23-17-13-18-24-36,37-25-19-14-20-26-37)39-32(5)30(3)31(4)33(39)6/h13-14,17-20,23-29,32H,7-12,15-16,21-22H2,1-6H3. The Balaban J connectivity index is 1.99. The van der Waals surface area contributed by atoms with Crippen LogP contribution < -0.4 is 15.6 Å². The second-order valence-corrected chi connectivity index (χ2v) is 16.0. The van der Waals surface area contributed by atoms with Gasteiger partial charge in [-0.1, -0.05) is 155 Å². The van der Waals surface area contributed by atoms with Gasteiger partial charge in [0.25, 0.3) is 0 Å². The number of benzene rings is 3. The van der Waals surface area contributed by atoms with Crippen molar-refractivity contribution in [3.8, 4) is 0 Å². The van der Waals surface area contributed by atoms with Crippen molar-refractivity contribution in [1.29, 1.82) is 0 Å². The van der Waals surface area contributed by atoms with E-state index >= 15 is 0 Å². The van der Waals surface area contributed by atoms with Crippen LogP contribution in [-0.2, 0) is 12.8 Å². The van der Waals surface area contributed by atoms with E-state index in [0.717, 1.165) is 0 Å². The van der Waals surface area contributed by atoms with E-state index in [9.17, 15) is 0 Å². The van der Waals surface area contributed by atoms with E-state index in [1.54, 1.807) is 27.1 Å². The van der Waals surface area contributed by atoms with Crippen LogP contribution in [-0.4, -0.2) is 8.07 Å². The average molecular weight is 549 g/mol. The highest BCUT2D eigenvalue weighted by atomic mass is 28.3. The summed E-state index contributed by atoms with van der Waals surface area (Å²) in [6.45, 7) is 14.2. The summed E-state index contributed by atoms with van der Waals surface area (Å²) in [6, 6.07) is 31.0. The molecule has 3 aromatic rings. The van der Waals surface area contributed by atoms with Crippen LogP contribution in [0.4, 0.5) is 0 Å². The van der Waals surface area contributed by atoms with Crippen molar-refractivity contribution in [2.24, 2.45) is 5.92 Å². The van der Waals surface area contributed by atoms with Gasteiger partial charge in [-0.05, 0) is 84.6 Å². The molecule has 0 amide bonds. The van der Waals surface area contributed by atoms with Crippen molar-refractivity contribution in [2.75, 3.05) is 0 Å². The Kier molecular flexibility index (Phi) is 10.8. The summed E-state index contributed by atoms with van der Waals surface area (Å²) in [6.07, 6.45) is 12.9. The summed E-state index contributed by atoms with van der Waals surface area (Å²) >= 11 is 0. The van der Waals surface area contributed by atoms with E-state index in [2.05, 4.69) is 120 Å². The molecule has 0 saturated heterocycles. The Hall–Kier alpha value is -2.64. The minimum absolute atomic E-state index is 0.452. The molecule has 0 radical (unpaired) electrons. The fourth-order valence-electron chi connectivity index (χ4n) is 7.09. The molecule has 1 aliphatic rings. The van der Waals surface area contributed by atoms with Gasteiger partial charge in [-0.15, -0.1) is 0 Å². The largest absolute Gasteiger partial charge is 0.176 e. The van der Waals surface area contributed by atoms with Crippen LogP contribution in [0.3, 0.4) is 0 Å². The van der Waals surface area contributed by atoms with Gasteiger partial charge in [0.15, 0.2) is 8.07 Å². The molecule has 1 aliphatic carbocycles. The molecule has 0 N–H and O–H groups in total. The van der Waals surface area contributed by atoms with Gasteiger partial charge >= 0.3 is 0 Å². The maximum atomic E-state index is 2.64. The maximum Gasteiger partial charge on any atom is 0.176 e. The van der Waals surface area contributed by atoms with Gasteiger partial charge < -0.3 is 0 Å². The first-order valence-electron chi connectivity index (χ1n) is 16.1. The summed E-state index contributed by atoms with van der Waals surface area (Å²) in [5.74, 6) is 0.452. The number of allylic oxidation sites excluding steroid dienone is 4. The molecule has 4 rings (SSSR count). The third-order valence-corrected chi connectivity index (χ3v) is 14.8. The molecule has 0 saturated carbocycles. The van der Waals surface area contributed by atoms with Crippen LogP contribution in [0.15, 0.2) is 101 Å². The van der Waals surface area contributed by atoms with Gasteiger partial charge in [0.2, 0.25) is 0 Å². The van der Waals surface area contributed by atoms with Crippen LogP contribution in [0.1, 0.15) is 104 Å². The number of rotatable bonds is 14. The van der Waals surface area contributed by atoms with Crippen LogP contribution in [0.2, 0.25) is 0 Å². The van der Waals surface area contributed by atoms with Crippen LogP contribution >= 0.6 is 0 Å². The lowest BCUT2D eigenvalue weighted by molar-refractivity contribution is 0.661. The first-order chi connectivity index (χ1) is 19.4. The van der Waals surface area contributed by atoms with Gasteiger partial charge in [0.05, 0.1) is 0 Å². The third kappa shape index (κ3) is 6.31. The summed E-state index contributed by atoms with van der Waals surface area (Å²) in [5.41, 5.74) is 7.68. The zero-order valence-corrected chi connectivity index (χ0v) is 27.2. The molecule has 0 aromatic heterocycles. The van der Waals surface area contributed by atoms with Gasteiger partial charge in [0, 0.05) is 0 Å². The molecule has 40 heavy (non-hydrogen) atoms. The van der Waals surface area contributed by atoms with E-state index in [4.69, 9.17) is 0 Å². The zero-order valence-electron chi connectivity index (χ0n) is 26.2. The summed E-state index contributed by atoms with van der Waals surface area (Å²) in [7, 11) is -2.53. The van der Waals surface area contributed by atoms with E-state index in [1.807, 2.05) is 0 Å². The number of hydrogen-bond donors (Lipinski definition) is 0. The quantitative estimate of drug-likeness (QED) is 0.107. The summed E-state index contributed by atoms with van der Waals surface area (Å²) < 4.78 is 0. The van der Waals surface area contributed by atoms with Gasteiger partial charge in [-0.3, -0.25) is 0 Å². The highest BCUT2D eigenvalue weighted by molar-refractivity contribution is 7.16. The lowest BCUT2D eigenvalue weighted by Gasteiger charge is -2.39. The summed E-state index contributed by atoms with van der Waals surface area (Å²) in [4.78, 5) is 0. The minimum Gasteiger partial charge on any atom is -0.0654 e. The van der Waals surface area contributed by atoms with Crippen molar-refractivity contribution in [3.63, 3.8) is 0 Å². The topological polar surface area (TPSA) is 0 Å². The fourth-order valence-corrected chi connectivity index (χ4v) is 12.8. The Morgan fingerprint density at radius 3 is 1.43 bits per heavy atom. The Morgan fingerprint density at radius 1 is 0.550 bits per heavy atom. The number of aryl methyl sites for hydroxylation is 2. The third-order valence-electron chi connectivity index (χ3n) is 9.58. The van der Waals surface area contributed by atoms with Gasteiger partial charge in [0.1, 0.15) is 0 Å². The average Bonchev–Trinajstić information content (AvgIpc) is 3.18. The molecule has 1 heteroatoms. The lowest BCUT2D eigenvalue weighted by atomic mass is 10.0. The molecule has 1 atom stereocenters. The molecule has 0 heterocycles. The van der Waals surface area contributed by atoms with Crippen molar-refractivity contribution in [3.05, 3.63) is 112 Å². The SMILES string of the molecule is CCCCCCc1cc(CCCCCC)cc([Si](C2=C(C)C(C)=C(C)C2C)(c2ccccc2)c2ccccc2)c1. The predicted octanol–water partition coefficient (Wildman–Crippen LogP) is 9.24. The molecule has 0 aliphatic heterocycles. The smallest absolute Gasteiger partial charge is 0.0654 e. The van der Waals surface area contributed by atoms with Crippen molar-refractivity contribution in [1.82, 2.24) is 0 Å². The lowest BCUT2D eigenvalue weighted by Crippen LogP contribution is -2.69. The molecule has 212 valence electrons. The maximum absolute atomic E-state index is 2.64. The minimum atomic E-state index is -2.53. The Labute approximate surface area is 246 Å². The normalized spacial score (nSPS) is 15.8. The number of unbranched alkanes of at least 4 members (excludes halogenated alkanes) is 6. The molecule has 0 nitrogen and oxygen atoms in total. The Morgan fingerprint density at radius 2 is 1.02 bits per heavy atom. The molecule has 0 bridgehead atoms. The highest BCUT2D eigenvalue weighted by Gasteiger charge is 2.48. The van der Waals surface area contributed by atoms with Gasteiger partial charge in [-0.25, -0.2) is 0 Å². The first kappa shape index (κ1) is 30.3. The molecular formula is C39H52Si. The molecular weight excluding hydrogens is 497 g/mol. The van der Waals surface area contributed by atoms with Crippen molar-refractivity contribution >= 4 is 23.6 Å². The van der Waals surface area contributed by atoms with E-state index in [1.165, 1.54) is 85.7 Å². The van der Waals surface area contributed by atoms with E-state index < -0.39 is 8.07 Å². The zero-order chi connectivity index (χ0) is 28.5. The molecule has 0 spiro atoms. The predicted molar refractivity (Wildman–Crippen MR) is 180 cm³/mol. The fraction of sp³-hybridized carbons (Fsp3) is 0.436. The monoisotopic (exact) mass is 548 g/mol. The first-order valence-corrected chi connectivity index (χ1v) is 18.1. The van der Waals surface area contributed by atoms with Gasteiger partial charge in [-0.2, -0.15) is 0 Å². The summed E-state index contributed by atoms with van der Waals surface area (Å²) in [5, 5.41) is 6.32. The van der Waals surface area contributed by atoms with Crippen molar-refractivity contribution in [2.45, 2.75) is 106 Å². The van der Waals surface area contributed by atoms with Crippen LogP contribution in [0.25, 0.3) is 0 Å². The second kappa shape index (κ2) is 14.3. The molecule has 3 aromatic carbocycles. The van der Waals surface area contributed by atoms with Crippen LogP contribution in [0.5, 0.6) is 0 Å². The molecule has 1 unspecified atom stereocenters. The van der Waals surface area contributed by atoms with Crippen LogP contribution in [0, 0.1) is 5.92 Å². The highest BCUT2D eigenvalue weighted by Crippen LogP contribution is 2.41. The second-order valence-electron chi connectivity index (χ2n) is 12.2. The number of hydrogen-bond acceptors (Lipinski definition) is 0. The van der Waals surface area contributed by atoms with E-state index in [-0.39, 0.29) is 0 Å². The Bertz CT molecular complexity index is 1230.